The van der Waals surface area contributed by atoms with Crippen LogP contribution in [0.25, 0.3) is 10.9 Å². The summed E-state index contributed by atoms with van der Waals surface area (Å²) in [7, 11) is 0. The van der Waals surface area contributed by atoms with Crippen molar-refractivity contribution in [3.05, 3.63) is 48.7 Å². The molecule has 0 bridgehead atoms. The van der Waals surface area contributed by atoms with E-state index in [-0.39, 0.29) is 12.5 Å². The Hall–Kier alpha value is -2.76. The number of hydrogen-bond donors (Lipinski definition) is 2. The van der Waals surface area contributed by atoms with Crippen LogP contribution in [0.1, 0.15) is 25.6 Å². The molecule has 6 nitrogen and oxygen atoms in total. The van der Waals surface area contributed by atoms with Gasteiger partial charge in [-0.1, -0.05) is 6.07 Å². The Morgan fingerprint density at radius 2 is 2.25 bits per heavy atom. The fourth-order valence-corrected chi connectivity index (χ4v) is 2.69. The van der Waals surface area contributed by atoms with Crippen LogP contribution >= 0.6 is 0 Å². The first-order chi connectivity index (χ1) is 11.6. The molecule has 1 aromatic carbocycles. The van der Waals surface area contributed by atoms with E-state index in [1.807, 2.05) is 24.4 Å². The highest BCUT2D eigenvalue weighted by Crippen LogP contribution is 2.28. The van der Waals surface area contributed by atoms with Crippen LogP contribution in [0.2, 0.25) is 0 Å². The van der Waals surface area contributed by atoms with E-state index in [0.29, 0.717) is 12.6 Å². The summed E-state index contributed by atoms with van der Waals surface area (Å²) >= 11 is 0. The molecule has 0 spiro atoms. The fraction of sp³-hybridized carbons (Fsp3) is 0.333. The number of aromatic amines is 1. The Kier molecular flexibility index (Phi) is 4.84. The molecule has 0 aliphatic rings. The SMILES string of the molecule is CC(C)n1ccc2c(OCC(=O)NCCc3cnc[nH]3)cccc21. The van der Waals surface area contributed by atoms with Crippen LogP contribution < -0.4 is 10.1 Å². The van der Waals surface area contributed by atoms with Gasteiger partial charge in [-0.3, -0.25) is 4.79 Å². The number of aromatic nitrogens is 3. The third-order valence-electron chi connectivity index (χ3n) is 3.91. The fourth-order valence-electron chi connectivity index (χ4n) is 2.69. The van der Waals surface area contributed by atoms with Gasteiger partial charge in [0.2, 0.25) is 0 Å². The van der Waals surface area contributed by atoms with Gasteiger partial charge < -0.3 is 19.6 Å². The van der Waals surface area contributed by atoms with Crippen LogP contribution in [-0.4, -0.2) is 33.6 Å². The number of amides is 1. The summed E-state index contributed by atoms with van der Waals surface area (Å²) in [5, 5.41) is 3.87. The largest absolute Gasteiger partial charge is 0.483 e. The molecule has 2 N–H and O–H groups in total. The maximum Gasteiger partial charge on any atom is 0.257 e. The van der Waals surface area contributed by atoms with Crippen LogP contribution in [0.4, 0.5) is 0 Å². The average molecular weight is 326 g/mol. The number of hydrogen-bond acceptors (Lipinski definition) is 3. The topological polar surface area (TPSA) is 71.9 Å². The summed E-state index contributed by atoms with van der Waals surface area (Å²) in [5.41, 5.74) is 2.11. The Labute approximate surface area is 140 Å². The molecule has 0 saturated carbocycles. The van der Waals surface area contributed by atoms with E-state index in [0.717, 1.165) is 28.8 Å². The van der Waals surface area contributed by atoms with Gasteiger partial charge in [-0.25, -0.2) is 4.98 Å². The molecule has 1 amide bonds. The third kappa shape index (κ3) is 3.59. The maximum absolute atomic E-state index is 11.9. The smallest absolute Gasteiger partial charge is 0.257 e. The molecule has 0 saturated heterocycles. The minimum atomic E-state index is -0.130. The van der Waals surface area contributed by atoms with Gasteiger partial charge in [0, 0.05) is 42.5 Å². The minimum absolute atomic E-state index is 0.00888. The number of rotatable bonds is 7. The number of fused-ring (bicyclic) bond motifs is 1. The summed E-state index contributed by atoms with van der Waals surface area (Å²) in [4.78, 5) is 18.9. The number of ether oxygens (including phenoxy) is 1. The van der Waals surface area contributed by atoms with Crippen molar-refractivity contribution >= 4 is 16.8 Å². The second kappa shape index (κ2) is 7.21. The monoisotopic (exact) mass is 326 g/mol. The van der Waals surface area contributed by atoms with Gasteiger partial charge in [-0.15, -0.1) is 0 Å². The predicted octanol–water partition coefficient (Wildman–Crippen LogP) is 2.68. The van der Waals surface area contributed by atoms with E-state index in [2.05, 4.69) is 39.8 Å². The molecule has 2 aromatic heterocycles. The van der Waals surface area contributed by atoms with Crippen molar-refractivity contribution in [2.24, 2.45) is 0 Å². The Morgan fingerprint density at radius 1 is 1.38 bits per heavy atom. The molecule has 3 rings (SSSR count). The zero-order valence-electron chi connectivity index (χ0n) is 14.0. The molecule has 126 valence electrons. The highest BCUT2D eigenvalue weighted by atomic mass is 16.5. The zero-order valence-corrected chi connectivity index (χ0v) is 14.0. The third-order valence-corrected chi connectivity index (χ3v) is 3.91. The van der Waals surface area contributed by atoms with E-state index >= 15 is 0 Å². The van der Waals surface area contributed by atoms with E-state index < -0.39 is 0 Å². The number of H-pyrrole nitrogens is 1. The molecule has 0 aliphatic heterocycles. The van der Waals surface area contributed by atoms with E-state index in [1.54, 1.807) is 12.5 Å². The average Bonchev–Trinajstić information content (AvgIpc) is 3.22. The van der Waals surface area contributed by atoms with Crippen molar-refractivity contribution in [3.63, 3.8) is 0 Å². The Morgan fingerprint density at radius 3 is 3.00 bits per heavy atom. The zero-order chi connectivity index (χ0) is 16.9. The van der Waals surface area contributed by atoms with Crippen molar-refractivity contribution in [1.82, 2.24) is 19.9 Å². The Balaban J connectivity index is 1.56. The van der Waals surface area contributed by atoms with E-state index in [4.69, 9.17) is 4.74 Å². The van der Waals surface area contributed by atoms with E-state index in [9.17, 15) is 4.79 Å². The molecule has 0 fully saturated rings. The van der Waals surface area contributed by atoms with Crippen molar-refractivity contribution in [2.75, 3.05) is 13.2 Å². The maximum atomic E-state index is 11.9. The van der Waals surface area contributed by atoms with Crippen LogP contribution in [0.15, 0.2) is 43.0 Å². The number of nitrogens with zero attached hydrogens (tertiary/aromatic N) is 2. The predicted molar refractivity (Wildman–Crippen MR) is 93.1 cm³/mol. The minimum Gasteiger partial charge on any atom is -0.483 e. The lowest BCUT2D eigenvalue weighted by atomic mass is 10.2. The summed E-state index contributed by atoms with van der Waals surface area (Å²) in [6.07, 6.45) is 6.15. The number of benzene rings is 1. The van der Waals surface area contributed by atoms with Gasteiger partial charge in [-0.2, -0.15) is 0 Å². The van der Waals surface area contributed by atoms with Gasteiger partial charge in [0.1, 0.15) is 5.75 Å². The van der Waals surface area contributed by atoms with Crippen LogP contribution in [0.5, 0.6) is 5.75 Å². The number of carbonyl (C=O) groups is 1. The normalized spacial score (nSPS) is 11.1. The molecule has 24 heavy (non-hydrogen) atoms. The Bertz CT molecular complexity index is 806. The molecular formula is C18H22N4O2. The standard InChI is InChI=1S/C18H22N4O2/c1-13(2)22-9-7-15-16(22)4-3-5-17(15)24-11-18(23)20-8-6-14-10-19-12-21-14/h3-5,7,9-10,12-13H,6,8,11H2,1-2H3,(H,19,21)(H,20,23). The lowest BCUT2D eigenvalue weighted by Crippen LogP contribution is -2.30. The first-order valence-corrected chi connectivity index (χ1v) is 8.11. The van der Waals surface area contributed by atoms with Crippen molar-refractivity contribution < 1.29 is 9.53 Å². The summed E-state index contributed by atoms with van der Waals surface area (Å²) < 4.78 is 7.90. The van der Waals surface area contributed by atoms with Crippen molar-refractivity contribution in [1.29, 1.82) is 0 Å². The lowest BCUT2D eigenvalue weighted by molar-refractivity contribution is -0.123. The molecule has 0 atom stereocenters. The van der Waals surface area contributed by atoms with Gasteiger partial charge in [-0.05, 0) is 32.0 Å². The van der Waals surface area contributed by atoms with Gasteiger partial charge in [0.25, 0.3) is 5.91 Å². The van der Waals surface area contributed by atoms with Crippen LogP contribution in [0, 0.1) is 0 Å². The van der Waals surface area contributed by atoms with Crippen molar-refractivity contribution in [3.8, 4) is 5.75 Å². The molecule has 6 heteroatoms. The number of nitrogens with one attached hydrogen (secondary N) is 2. The van der Waals surface area contributed by atoms with Gasteiger partial charge in [0.15, 0.2) is 6.61 Å². The highest BCUT2D eigenvalue weighted by Gasteiger charge is 2.10. The number of carbonyl (C=O) groups excluding carboxylic acids is 1. The molecule has 2 heterocycles. The molecule has 0 radical (unpaired) electrons. The number of imidazole rings is 1. The molecule has 0 aliphatic carbocycles. The van der Waals surface area contributed by atoms with Crippen LogP contribution in [-0.2, 0) is 11.2 Å². The second-order valence-electron chi connectivity index (χ2n) is 5.97. The van der Waals surface area contributed by atoms with Crippen LogP contribution in [0.3, 0.4) is 0 Å². The van der Waals surface area contributed by atoms with Gasteiger partial charge >= 0.3 is 0 Å². The quantitative estimate of drug-likeness (QED) is 0.701. The second-order valence-corrected chi connectivity index (χ2v) is 5.97. The lowest BCUT2D eigenvalue weighted by Gasteiger charge is -2.11. The van der Waals surface area contributed by atoms with Crippen molar-refractivity contribution in [2.45, 2.75) is 26.3 Å². The summed E-state index contributed by atoms with van der Waals surface area (Å²) in [5.74, 6) is 0.602. The van der Waals surface area contributed by atoms with Gasteiger partial charge in [0.05, 0.1) is 11.8 Å². The molecule has 3 aromatic rings. The first kappa shape index (κ1) is 16.1. The highest BCUT2D eigenvalue weighted by molar-refractivity contribution is 5.87. The first-order valence-electron chi connectivity index (χ1n) is 8.11. The van der Waals surface area contributed by atoms with E-state index in [1.165, 1.54) is 0 Å². The molecular weight excluding hydrogens is 304 g/mol. The summed E-state index contributed by atoms with van der Waals surface area (Å²) in [6, 6.07) is 8.31. The molecule has 0 unspecified atom stereocenters. The summed E-state index contributed by atoms with van der Waals surface area (Å²) in [6.45, 7) is 4.84.